The predicted octanol–water partition coefficient (Wildman–Crippen LogP) is 3.49. The van der Waals surface area contributed by atoms with Crippen LogP contribution < -0.4 is 5.32 Å². The van der Waals surface area contributed by atoms with Crippen molar-refractivity contribution >= 4 is 16.9 Å². The number of fused-ring (bicyclic) bond motifs is 1. The fraction of sp³-hybridized carbons (Fsp3) is 0.125. The lowest BCUT2D eigenvalue weighted by Gasteiger charge is -2.08. The first-order valence-corrected chi connectivity index (χ1v) is 6.53. The summed E-state index contributed by atoms with van der Waals surface area (Å²) in [6.45, 7) is 1.91. The number of rotatable bonds is 2. The second-order valence-electron chi connectivity index (χ2n) is 4.78. The van der Waals surface area contributed by atoms with Gasteiger partial charge in [0.25, 0.3) is 0 Å². The Labute approximate surface area is 121 Å². The summed E-state index contributed by atoms with van der Waals surface area (Å²) in [6.07, 6.45) is 0. The fourth-order valence-corrected chi connectivity index (χ4v) is 2.27. The molecule has 0 unspecified atom stereocenters. The summed E-state index contributed by atoms with van der Waals surface area (Å²) >= 11 is 0. The first kappa shape index (κ1) is 13.3. The number of aromatic hydroxyl groups is 1. The van der Waals surface area contributed by atoms with E-state index in [9.17, 15) is 9.50 Å². The quantitative estimate of drug-likeness (QED) is 0.756. The Kier molecular flexibility index (Phi) is 3.17. The molecular weight excluding hydrogens is 269 g/mol. The molecule has 21 heavy (non-hydrogen) atoms. The van der Waals surface area contributed by atoms with Gasteiger partial charge in [0.1, 0.15) is 0 Å². The Morgan fingerprint density at radius 3 is 2.48 bits per heavy atom. The molecule has 0 aliphatic heterocycles. The van der Waals surface area contributed by atoms with Crippen LogP contribution in [0.2, 0.25) is 0 Å². The van der Waals surface area contributed by atoms with E-state index < -0.39 is 5.82 Å². The number of hydrogen-bond donors (Lipinski definition) is 2. The molecule has 0 spiro atoms. The molecule has 5 heteroatoms. The maximum Gasteiger partial charge on any atom is 0.223 e. The molecule has 0 aliphatic carbocycles. The van der Waals surface area contributed by atoms with Gasteiger partial charge in [-0.2, -0.15) is 0 Å². The zero-order valence-corrected chi connectivity index (χ0v) is 11.7. The van der Waals surface area contributed by atoms with E-state index in [0.717, 1.165) is 27.7 Å². The molecule has 0 amide bonds. The molecule has 0 radical (unpaired) electrons. The number of nitrogens with zero attached hydrogens (tertiary/aromatic N) is 2. The highest BCUT2D eigenvalue weighted by atomic mass is 19.1. The van der Waals surface area contributed by atoms with Gasteiger partial charge < -0.3 is 10.4 Å². The topological polar surface area (TPSA) is 58.0 Å². The van der Waals surface area contributed by atoms with E-state index in [1.807, 2.05) is 25.1 Å². The molecule has 4 nitrogen and oxygen atoms in total. The molecular formula is C16H14FN3O. The Morgan fingerprint density at radius 2 is 1.76 bits per heavy atom. The van der Waals surface area contributed by atoms with Crippen molar-refractivity contribution in [2.75, 3.05) is 12.4 Å². The summed E-state index contributed by atoms with van der Waals surface area (Å²) in [4.78, 5) is 8.74. The number of anilines is 1. The van der Waals surface area contributed by atoms with E-state index in [1.54, 1.807) is 13.1 Å². The van der Waals surface area contributed by atoms with Crippen LogP contribution in [-0.4, -0.2) is 22.1 Å². The van der Waals surface area contributed by atoms with Gasteiger partial charge in [0.2, 0.25) is 5.95 Å². The third kappa shape index (κ3) is 2.38. The average Bonchev–Trinajstić information content (AvgIpc) is 2.49. The number of phenolic OH excluding ortho intramolecular Hbond substituents is 1. The lowest BCUT2D eigenvalue weighted by atomic mass is 10.0. The van der Waals surface area contributed by atoms with Crippen molar-refractivity contribution in [3.8, 4) is 16.9 Å². The first-order chi connectivity index (χ1) is 10.1. The van der Waals surface area contributed by atoms with Crippen molar-refractivity contribution in [2.24, 2.45) is 0 Å². The number of aryl methyl sites for hydroxylation is 1. The monoisotopic (exact) mass is 283 g/mol. The van der Waals surface area contributed by atoms with E-state index in [0.29, 0.717) is 5.95 Å². The zero-order chi connectivity index (χ0) is 15.0. The highest BCUT2D eigenvalue weighted by Crippen LogP contribution is 2.28. The lowest BCUT2D eigenvalue weighted by Crippen LogP contribution is -1.98. The van der Waals surface area contributed by atoms with Gasteiger partial charge in [0, 0.05) is 12.4 Å². The molecule has 0 bridgehead atoms. The molecule has 0 atom stereocenters. The highest BCUT2D eigenvalue weighted by Gasteiger charge is 2.08. The Hall–Kier alpha value is -2.69. The molecule has 0 saturated heterocycles. The van der Waals surface area contributed by atoms with Gasteiger partial charge in [-0.15, -0.1) is 0 Å². The number of benzene rings is 2. The molecule has 0 fully saturated rings. The summed E-state index contributed by atoms with van der Waals surface area (Å²) in [7, 11) is 1.77. The molecule has 2 N–H and O–H groups in total. The smallest absolute Gasteiger partial charge is 0.223 e. The van der Waals surface area contributed by atoms with Gasteiger partial charge in [0.05, 0.1) is 11.2 Å². The van der Waals surface area contributed by atoms with E-state index in [2.05, 4.69) is 15.3 Å². The minimum atomic E-state index is -0.627. The van der Waals surface area contributed by atoms with Gasteiger partial charge in [-0.05, 0) is 42.3 Å². The van der Waals surface area contributed by atoms with Crippen molar-refractivity contribution in [3.05, 3.63) is 47.9 Å². The van der Waals surface area contributed by atoms with Crippen LogP contribution in [0.15, 0.2) is 36.4 Å². The average molecular weight is 283 g/mol. The Morgan fingerprint density at radius 1 is 1.05 bits per heavy atom. The standard InChI is InChI=1S/C16H14FN3O/c1-9-12-7-10(11-3-5-13(17)15(21)8-11)4-6-14(12)20-16(18-2)19-9/h3-8,21H,1-2H3,(H,18,19,20). The normalized spacial score (nSPS) is 10.8. The van der Waals surface area contributed by atoms with Crippen LogP contribution >= 0.6 is 0 Å². The van der Waals surface area contributed by atoms with Crippen molar-refractivity contribution < 1.29 is 9.50 Å². The minimum Gasteiger partial charge on any atom is -0.505 e. The van der Waals surface area contributed by atoms with E-state index in [1.165, 1.54) is 12.1 Å². The summed E-state index contributed by atoms with van der Waals surface area (Å²) in [5.74, 6) is -0.406. The van der Waals surface area contributed by atoms with Crippen LogP contribution in [0.5, 0.6) is 5.75 Å². The molecule has 2 aromatic carbocycles. The summed E-state index contributed by atoms with van der Waals surface area (Å²) in [5, 5.41) is 13.3. The number of nitrogens with one attached hydrogen (secondary N) is 1. The largest absolute Gasteiger partial charge is 0.505 e. The van der Waals surface area contributed by atoms with E-state index in [-0.39, 0.29) is 5.75 Å². The summed E-state index contributed by atoms with van der Waals surface area (Å²) in [6, 6.07) is 10.0. The van der Waals surface area contributed by atoms with Gasteiger partial charge in [-0.3, -0.25) is 0 Å². The van der Waals surface area contributed by atoms with Crippen LogP contribution in [0, 0.1) is 12.7 Å². The number of hydrogen-bond acceptors (Lipinski definition) is 4. The first-order valence-electron chi connectivity index (χ1n) is 6.53. The van der Waals surface area contributed by atoms with Crippen molar-refractivity contribution in [3.63, 3.8) is 0 Å². The number of halogens is 1. The predicted molar refractivity (Wildman–Crippen MR) is 80.9 cm³/mol. The molecule has 1 aromatic heterocycles. The summed E-state index contributed by atoms with van der Waals surface area (Å²) < 4.78 is 13.1. The van der Waals surface area contributed by atoms with Crippen molar-refractivity contribution in [1.29, 1.82) is 0 Å². The minimum absolute atomic E-state index is 0.355. The second-order valence-corrected chi connectivity index (χ2v) is 4.78. The Balaban J connectivity index is 2.16. The molecule has 0 saturated carbocycles. The van der Waals surface area contributed by atoms with Crippen molar-refractivity contribution in [2.45, 2.75) is 6.92 Å². The third-order valence-corrected chi connectivity index (χ3v) is 3.39. The second kappa shape index (κ2) is 5.01. The van der Waals surface area contributed by atoms with Gasteiger partial charge in [-0.1, -0.05) is 12.1 Å². The van der Waals surface area contributed by atoms with E-state index >= 15 is 0 Å². The number of aromatic nitrogens is 2. The SMILES string of the molecule is CNc1nc(C)c2cc(-c3ccc(F)c(O)c3)ccc2n1. The highest BCUT2D eigenvalue weighted by molar-refractivity contribution is 5.87. The third-order valence-electron chi connectivity index (χ3n) is 3.39. The lowest BCUT2D eigenvalue weighted by molar-refractivity contribution is 0.433. The summed E-state index contributed by atoms with van der Waals surface area (Å²) in [5.41, 5.74) is 3.31. The van der Waals surface area contributed by atoms with Gasteiger partial charge in [0.15, 0.2) is 11.6 Å². The van der Waals surface area contributed by atoms with Crippen LogP contribution in [0.1, 0.15) is 5.69 Å². The van der Waals surface area contributed by atoms with Crippen LogP contribution in [-0.2, 0) is 0 Å². The van der Waals surface area contributed by atoms with E-state index in [4.69, 9.17) is 0 Å². The number of phenols is 1. The Bertz CT molecular complexity index is 833. The zero-order valence-electron chi connectivity index (χ0n) is 11.7. The molecule has 106 valence electrons. The molecule has 1 heterocycles. The van der Waals surface area contributed by atoms with Crippen LogP contribution in [0.3, 0.4) is 0 Å². The molecule has 3 rings (SSSR count). The fourth-order valence-electron chi connectivity index (χ4n) is 2.27. The van der Waals surface area contributed by atoms with Gasteiger partial charge in [-0.25, -0.2) is 14.4 Å². The maximum atomic E-state index is 13.1. The molecule has 3 aromatic rings. The maximum absolute atomic E-state index is 13.1. The van der Waals surface area contributed by atoms with Crippen molar-refractivity contribution in [1.82, 2.24) is 9.97 Å². The van der Waals surface area contributed by atoms with Crippen LogP contribution in [0.4, 0.5) is 10.3 Å². The molecule has 0 aliphatic rings. The van der Waals surface area contributed by atoms with Gasteiger partial charge >= 0.3 is 0 Å². The van der Waals surface area contributed by atoms with Crippen LogP contribution in [0.25, 0.3) is 22.0 Å².